The Morgan fingerprint density at radius 3 is 2.42 bits per heavy atom. The van der Waals surface area contributed by atoms with E-state index in [1.54, 1.807) is 0 Å². The van der Waals surface area contributed by atoms with E-state index < -0.39 is 6.10 Å². The number of hydrogen-bond donors (Lipinski definition) is 1. The van der Waals surface area contributed by atoms with E-state index in [0.717, 1.165) is 19.3 Å². The van der Waals surface area contributed by atoms with Crippen molar-refractivity contribution in [1.29, 1.82) is 0 Å². The van der Waals surface area contributed by atoms with E-state index in [-0.39, 0.29) is 37.0 Å². The first-order valence-electron chi connectivity index (χ1n) is 7.06. The third-order valence-corrected chi connectivity index (χ3v) is 3.64. The van der Waals surface area contributed by atoms with Crippen molar-refractivity contribution >= 4 is 11.9 Å². The molecule has 0 aromatic carbocycles. The van der Waals surface area contributed by atoms with Gasteiger partial charge in [0.2, 0.25) is 0 Å². The van der Waals surface area contributed by atoms with Gasteiger partial charge in [0.15, 0.2) is 6.10 Å². The third-order valence-electron chi connectivity index (χ3n) is 3.64. The standard InChI is InChI=1S/C14H24O5/c1-3-5-11-7-14(17)19-12(8-15)9-18-13(16)6-10(11)4-2/h10-12,15H,3-9H2,1-2H3. The summed E-state index contributed by atoms with van der Waals surface area (Å²) in [6, 6.07) is 0. The monoisotopic (exact) mass is 272 g/mol. The minimum Gasteiger partial charge on any atom is -0.462 e. The molecule has 1 saturated heterocycles. The van der Waals surface area contributed by atoms with E-state index in [2.05, 4.69) is 6.92 Å². The summed E-state index contributed by atoms with van der Waals surface area (Å²) in [5, 5.41) is 9.07. The predicted molar refractivity (Wildman–Crippen MR) is 69.3 cm³/mol. The van der Waals surface area contributed by atoms with Crippen LogP contribution in [0.2, 0.25) is 0 Å². The summed E-state index contributed by atoms with van der Waals surface area (Å²) in [5.41, 5.74) is 0. The molecule has 5 nitrogen and oxygen atoms in total. The Hall–Kier alpha value is -1.10. The highest BCUT2D eigenvalue weighted by molar-refractivity contribution is 5.72. The molecule has 1 heterocycles. The lowest BCUT2D eigenvalue weighted by molar-refractivity contribution is -0.165. The third kappa shape index (κ3) is 5.19. The average Bonchev–Trinajstić information content (AvgIpc) is 2.39. The first-order chi connectivity index (χ1) is 9.10. The Kier molecular flexibility index (Phi) is 6.84. The van der Waals surface area contributed by atoms with Gasteiger partial charge < -0.3 is 14.6 Å². The molecule has 1 rings (SSSR count). The molecule has 1 N–H and O–H groups in total. The number of aliphatic hydroxyl groups is 1. The molecule has 0 aromatic rings. The Morgan fingerprint density at radius 2 is 1.84 bits per heavy atom. The van der Waals surface area contributed by atoms with Gasteiger partial charge in [-0.3, -0.25) is 9.59 Å². The number of rotatable bonds is 4. The SMILES string of the molecule is CCCC1CC(=O)OC(CO)COC(=O)CC1CC. The van der Waals surface area contributed by atoms with Gasteiger partial charge in [0.05, 0.1) is 6.61 Å². The number of ether oxygens (including phenoxy) is 2. The second-order valence-corrected chi connectivity index (χ2v) is 5.10. The summed E-state index contributed by atoms with van der Waals surface area (Å²) < 4.78 is 10.2. The topological polar surface area (TPSA) is 72.8 Å². The van der Waals surface area contributed by atoms with Gasteiger partial charge in [-0.05, 0) is 18.3 Å². The molecule has 0 amide bonds. The van der Waals surface area contributed by atoms with Gasteiger partial charge in [0, 0.05) is 12.8 Å². The molecular formula is C14H24O5. The van der Waals surface area contributed by atoms with Crippen LogP contribution in [-0.4, -0.2) is 36.4 Å². The van der Waals surface area contributed by atoms with E-state index >= 15 is 0 Å². The Morgan fingerprint density at radius 1 is 1.16 bits per heavy atom. The summed E-state index contributed by atoms with van der Waals surface area (Å²) in [5.74, 6) is -0.281. The normalized spacial score (nSPS) is 29.5. The molecule has 0 spiro atoms. The molecule has 3 atom stereocenters. The van der Waals surface area contributed by atoms with Crippen molar-refractivity contribution in [3.63, 3.8) is 0 Å². The van der Waals surface area contributed by atoms with Crippen molar-refractivity contribution in [3.8, 4) is 0 Å². The average molecular weight is 272 g/mol. The minimum atomic E-state index is -0.739. The lowest BCUT2D eigenvalue weighted by atomic mass is 9.82. The fraction of sp³-hybridized carbons (Fsp3) is 0.857. The zero-order chi connectivity index (χ0) is 14.3. The van der Waals surface area contributed by atoms with Gasteiger partial charge in [0.1, 0.15) is 6.61 Å². The van der Waals surface area contributed by atoms with Gasteiger partial charge >= 0.3 is 11.9 Å². The molecule has 5 heteroatoms. The Balaban J connectivity index is 2.78. The lowest BCUT2D eigenvalue weighted by Gasteiger charge is -2.27. The fourth-order valence-electron chi connectivity index (χ4n) is 2.55. The molecule has 0 radical (unpaired) electrons. The van der Waals surface area contributed by atoms with E-state index in [1.165, 1.54) is 0 Å². The predicted octanol–water partition coefficient (Wildman–Crippen LogP) is 1.67. The maximum atomic E-state index is 11.8. The van der Waals surface area contributed by atoms with Crippen LogP contribution in [-0.2, 0) is 19.1 Å². The highest BCUT2D eigenvalue weighted by Crippen LogP contribution is 2.29. The zero-order valence-corrected chi connectivity index (χ0v) is 11.8. The number of carbonyl (C=O) groups is 2. The van der Waals surface area contributed by atoms with Gasteiger partial charge in [0.25, 0.3) is 0 Å². The molecular weight excluding hydrogens is 248 g/mol. The summed E-state index contributed by atoms with van der Waals surface area (Å²) >= 11 is 0. The van der Waals surface area contributed by atoms with Crippen molar-refractivity contribution in [1.82, 2.24) is 0 Å². The Labute approximate surface area is 114 Å². The molecule has 1 aliphatic heterocycles. The van der Waals surface area contributed by atoms with Crippen LogP contribution in [0, 0.1) is 11.8 Å². The zero-order valence-electron chi connectivity index (χ0n) is 11.8. The summed E-state index contributed by atoms with van der Waals surface area (Å²) in [7, 11) is 0. The molecule has 1 fully saturated rings. The highest BCUT2D eigenvalue weighted by Gasteiger charge is 2.28. The minimum absolute atomic E-state index is 0.0596. The van der Waals surface area contributed by atoms with Crippen molar-refractivity contribution in [2.75, 3.05) is 13.2 Å². The number of cyclic esters (lactones) is 2. The van der Waals surface area contributed by atoms with Crippen LogP contribution >= 0.6 is 0 Å². The second-order valence-electron chi connectivity index (χ2n) is 5.10. The van der Waals surface area contributed by atoms with Gasteiger partial charge in [-0.1, -0.05) is 26.7 Å². The molecule has 0 aliphatic carbocycles. The van der Waals surface area contributed by atoms with Crippen molar-refractivity contribution in [2.24, 2.45) is 11.8 Å². The van der Waals surface area contributed by atoms with Gasteiger partial charge in [-0.25, -0.2) is 0 Å². The number of esters is 2. The molecule has 110 valence electrons. The lowest BCUT2D eigenvalue weighted by Crippen LogP contribution is -2.33. The van der Waals surface area contributed by atoms with Crippen LogP contribution in [0.15, 0.2) is 0 Å². The molecule has 0 aromatic heterocycles. The van der Waals surface area contributed by atoms with E-state index in [4.69, 9.17) is 14.6 Å². The quantitative estimate of drug-likeness (QED) is 0.788. The highest BCUT2D eigenvalue weighted by atomic mass is 16.6. The van der Waals surface area contributed by atoms with Crippen LogP contribution in [0.25, 0.3) is 0 Å². The van der Waals surface area contributed by atoms with Crippen LogP contribution in [0.5, 0.6) is 0 Å². The smallest absolute Gasteiger partial charge is 0.306 e. The maximum Gasteiger partial charge on any atom is 0.306 e. The van der Waals surface area contributed by atoms with Crippen LogP contribution in [0.1, 0.15) is 46.0 Å². The van der Waals surface area contributed by atoms with Crippen LogP contribution < -0.4 is 0 Å². The molecule has 19 heavy (non-hydrogen) atoms. The molecule has 3 unspecified atom stereocenters. The molecule has 0 bridgehead atoms. The number of hydrogen-bond acceptors (Lipinski definition) is 5. The van der Waals surface area contributed by atoms with E-state index in [0.29, 0.717) is 12.8 Å². The maximum absolute atomic E-state index is 11.8. The van der Waals surface area contributed by atoms with Crippen LogP contribution in [0.4, 0.5) is 0 Å². The van der Waals surface area contributed by atoms with Crippen molar-refractivity contribution in [2.45, 2.75) is 52.1 Å². The number of aliphatic hydroxyl groups excluding tert-OH is 1. The second kappa shape index (κ2) is 8.15. The van der Waals surface area contributed by atoms with E-state index in [1.807, 2.05) is 6.92 Å². The van der Waals surface area contributed by atoms with Crippen LogP contribution in [0.3, 0.4) is 0 Å². The van der Waals surface area contributed by atoms with Crippen molar-refractivity contribution in [3.05, 3.63) is 0 Å². The first-order valence-corrected chi connectivity index (χ1v) is 7.06. The van der Waals surface area contributed by atoms with Crippen molar-refractivity contribution < 1.29 is 24.2 Å². The fourth-order valence-corrected chi connectivity index (χ4v) is 2.55. The largest absolute Gasteiger partial charge is 0.462 e. The molecule has 1 aliphatic rings. The summed E-state index contributed by atoms with van der Waals surface area (Å²) in [6.07, 6.45) is 2.62. The summed E-state index contributed by atoms with van der Waals surface area (Å²) in [4.78, 5) is 23.5. The first kappa shape index (κ1) is 16.0. The Bertz CT molecular complexity index is 302. The number of carbonyl (C=O) groups excluding carboxylic acids is 2. The van der Waals surface area contributed by atoms with Gasteiger partial charge in [-0.15, -0.1) is 0 Å². The summed E-state index contributed by atoms with van der Waals surface area (Å²) in [6.45, 7) is 3.70. The molecule has 0 saturated carbocycles. The van der Waals surface area contributed by atoms with E-state index in [9.17, 15) is 9.59 Å². The van der Waals surface area contributed by atoms with Gasteiger partial charge in [-0.2, -0.15) is 0 Å².